The standard InChI is InChI=1S/C29H29BrN2O4/c30-25-10-5-4-9-24(25)26-29(28(34)31-22-13-14-22,19-20-7-2-1-3-8-20)32-27(36-26)21-11-15-23(16-12-21)35-18-6-17-33/h1-5,7-12,15-16,22,26,33H,6,13-14,17-19H2,(H,31,34)/t26-,29-/m1/s1. The SMILES string of the molecule is O=C(NC1CC1)[C@]1(Cc2ccccc2)N=C(c2ccc(OCCCO)cc2)O[C@@H]1c1ccccc1Br. The van der Waals surface area contributed by atoms with E-state index in [1.807, 2.05) is 78.9 Å². The van der Waals surface area contributed by atoms with E-state index in [9.17, 15) is 4.79 Å². The molecule has 1 amide bonds. The summed E-state index contributed by atoms with van der Waals surface area (Å²) in [6.07, 6.45) is 2.35. The molecule has 186 valence electrons. The Hall–Kier alpha value is -3.16. The molecule has 2 atom stereocenters. The molecule has 1 fully saturated rings. The van der Waals surface area contributed by atoms with E-state index < -0.39 is 11.6 Å². The van der Waals surface area contributed by atoms with Gasteiger partial charge in [0.15, 0.2) is 11.6 Å². The molecule has 1 heterocycles. The van der Waals surface area contributed by atoms with E-state index in [2.05, 4.69) is 21.2 Å². The first-order valence-electron chi connectivity index (χ1n) is 12.3. The Morgan fingerprint density at radius 2 is 1.78 bits per heavy atom. The highest BCUT2D eigenvalue weighted by Crippen LogP contribution is 2.45. The summed E-state index contributed by atoms with van der Waals surface area (Å²) in [5, 5.41) is 12.2. The molecule has 0 aromatic heterocycles. The fraction of sp³-hybridized carbons (Fsp3) is 0.310. The molecule has 0 radical (unpaired) electrons. The second-order valence-electron chi connectivity index (χ2n) is 9.22. The summed E-state index contributed by atoms with van der Waals surface area (Å²) in [4.78, 5) is 19.0. The van der Waals surface area contributed by atoms with Crippen LogP contribution in [0, 0.1) is 0 Å². The maximum absolute atomic E-state index is 13.9. The van der Waals surface area contributed by atoms with Crippen LogP contribution in [0.25, 0.3) is 0 Å². The fourth-order valence-corrected chi connectivity index (χ4v) is 4.88. The summed E-state index contributed by atoms with van der Waals surface area (Å²) in [5.74, 6) is 1.02. The zero-order chi connectivity index (χ0) is 25.0. The van der Waals surface area contributed by atoms with Crippen LogP contribution in [-0.4, -0.2) is 41.7 Å². The van der Waals surface area contributed by atoms with Crippen molar-refractivity contribution in [1.82, 2.24) is 5.32 Å². The van der Waals surface area contributed by atoms with E-state index >= 15 is 0 Å². The lowest BCUT2D eigenvalue weighted by atomic mass is 9.82. The number of nitrogens with one attached hydrogen (secondary N) is 1. The van der Waals surface area contributed by atoms with Gasteiger partial charge in [-0.2, -0.15) is 0 Å². The number of carbonyl (C=O) groups is 1. The van der Waals surface area contributed by atoms with Crippen LogP contribution in [0.2, 0.25) is 0 Å². The molecular formula is C29H29BrN2O4. The van der Waals surface area contributed by atoms with Gasteiger partial charge >= 0.3 is 0 Å². The van der Waals surface area contributed by atoms with Crippen molar-refractivity contribution >= 4 is 27.7 Å². The predicted octanol–water partition coefficient (Wildman–Crippen LogP) is 4.99. The zero-order valence-corrected chi connectivity index (χ0v) is 21.5. The van der Waals surface area contributed by atoms with Crippen molar-refractivity contribution in [2.24, 2.45) is 4.99 Å². The third kappa shape index (κ3) is 5.32. The number of carbonyl (C=O) groups excluding carboxylic acids is 1. The van der Waals surface area contributed by atoms with E-state index in [0.29, 0.717) is 31.1 Å². The molecule has 7 heteroatoms. The van der Waals surface area contributed by atoms with Crippen LogP contribution < -0.4 is 10.1 Å². The summed E-state index contributed by atoms with van der Waals surface area (Å²) in [6, 6.07) is 25.5. The Kier molecular flexibility index (Phi) is 7.39. The maximum Gasteiger partial charge on any atom is 0.252 e. The van der Waals surface area contributed by atoms with E-state index in [1.54, 1.807) is 0 Å². The number of aliphatic imine (C=N–C) groups is 1. The molecular weight excluding hydrogens is 520 g/mol. The molecule has 0 saturated heterocycles. The molecule has 0 bridgehead atoms. The van der Waals surface area contributed by atoms with E-state index in [0.717, 1.165) is 34.0 Å². The van der Waals surface area contributed by atoms with Gasteiger partial charge in [0.1, 0.15) is 5.75 Å². The minimum Gasteiger partial charge on any atom is -0.494 e. The average Bonchev–Trinajstić information content (AvgIpc) is 3.64. The number of halogens is 1. The lowest BCUT2D eigenvalue weighted by Crippen LogP contribution is -2.50. The van der Waals surface area contributed by atoms with Gasteiger partial charge < -0.3 is 19.9 Å². The third-order valence-corrected chi connectivity index (χ3v) is 7.17. The molecule has 1 saturated carbocycles. The number of ether oxygens (including phenoxy) is 2. The molecule has 6 nitrogen and oxygen atoms in total. The minimum atomic E-state index is -1.17. The summed E-state index contributed by atoms with van der Waals surface area (Å²) in [6.45, 7) is 0.532. The minimum absolute atomic E-state index is 0.0889. The fourth-order valence-electron chi connectivity index (χ4n) is 4.39. The number of amides is 1. The molecule has 3 aromatic carbocycles. The van der Waals surface area contributed by atoms with Crippen LogP contribution in [0.4, 0.5) is 0 Å². The first-order chi connectivity index (χ1) is 17.6. The van der Waals surface area contributed by atoms with Crippen LogP contribution in [0.3, 0.4) is 0 Å². The van der Waals surface area contributed by atoms with Crippen LogP contribution in [0.5, 0.6) is 5.75 Å². The highest BCUT2D eigenvalue weighted by atomic mass is 79.9. The molecule has 2 aliphatic rings. The van der Waals surface area contributed by atoms with Crippen molar-refractivity contribution in [3.8, 4) is 5.75 Å². The van der Waals surface area contributed by atoms with Gasteiger partial charge in [0.25, 0.3) is 5.91 Å². The van der Waals surface area contributed by atoms with Gasteiger partial charge in [-0.15, -0.1) is 0 Å². The first kappa shape index (κ1) is 24.5. The molecule has 0 unspecified atom stereocenters. The lowest BCUT2D eigenvalue weighted by molar-refractivity contribution is -0.129. The van der Waals surface area contributed by atoms with Crippen molar-refractivity contribution in [1.29, 1.82) is 0 Å². The van der Waals surface area contributed by atoms with Gasteiger partial charge in [0, 0.05) is 41.1 Å². The molecule has 36 heavy (non-hydrogen) atoms. The van der Waals surface area contributed by atoms with Gasteiger partial charge in [-0.1, -0.05) is 64.5 Å². The number of benzene rings is 3. The summed E-state index contributed by atoms with van der Waals surface area (Å²) in [7, 11) is 0. The highest BCUT2D eigenvalue weighted by molar-refractivity contribution is 9.10. The summed E-state index contributed by atoms with van der Waals surface area (Å²) in [5.41, 5.74) is 1.50. The Morgan fingerprint density at radius 1 is 1.06 bits per heavy atom. The second kappa shape index (κ2) is 10.8. The number of rotatable bonds is 10. The van der Waals surface area contributed by atoms with Gasteiger partial charge in [0.2, 0.25) is 5.90 Å². The smallest absolute Gasteiger partial charge is 0.252 e. The molecule has 1 aliphatic carbocycles. The van der Waals surface area contributed by atoms with E-state index in [4.69, 9.17) is 19.6 Å². The monoisotopic (exact) mass is 548 g/mol. The lowest BCUT2D eigenvalue weighted by Gasteiger charge is -2.31. The normalized spacial score (nSPS) is 20.9. The Bertz CT molecular complexity index is 1230. The van der Waals surface area contributed by atoms with Crippen LogP contribution in [-0.2, 0) is 16.0 Å². The number of hydrogen-bond acceptors (Lipinski definition) is 5. The Morgan fingerprint density at radius 3 is 2.47 bits per heavy atom. The van der Waals surface area contributed by atoms with Crippen molar-refractivity contribution in [3.63, 3.8) is 0 Å². The van der Waals surface area contributed by atoms with E-state index in [1.165, 1.54) is 0 Å². The molecule has 0 spiro atoms. The first-order valence-corrected chi connectivity index (χ1v) is 13.1. The highest BCUT2D eigenvalue weighted by Gasteiger charge is 2.54. The van der Waals surface area contributed by atoms with Gasteiger partial charge in [-0.3, -0.25) is 4.79 Å². The molecule has 5 rings (SSSR count). The van der Waals surface area contributed by atoms with Gasteiger partial charge in [-0.05, 0) is 48.7 Å². The summed E-state index contributed by atoms with van der Waals surface area (Å²) < 4.78 is 13.1. The molecule has 2 N–H and O–H groups in total. The van der Waals surface area contributed by atoms with Gasteiger partial charge in [-0.25, -0.2) is 4.99 Å². The maximum atomic E-state index is 13.9. The third-order valence-electron chi connectivity index (χ3n) is 6.45. The number of aliphatic hydroxyl groups excluding tert-OH is 1. The van der Waals surface area contributed by atoms with Gasteiger partial charge in [0.05, 0.1) is 6.61 Å². The largest absolute Gasteiger partial charge is 0.494 e. The Labute approximate surface area is 219 Å². The number of hydrogen-bond donors (Lipinski definition) is 2. The quantitative estimate of drug-likeness (QED) is 0.350. The average molecular weight is 549 g/mol. The van der Waals surface area contributed by atoms with E-state index in [-0.39, 0.29) is 18.6 Å². The van der Waals surface area contributed by atoms with Crippen LogP contribution in [0.15, 0.2) is 88.3 Å². The predicted molar refractivity (Wildman–Crippen MR) is 142 cm³/mol. The van der Waals surface area contributed by atoms with Crippen LogP contribution in [0.1, 0.15) is 42.1 Å². The van der Waals surface area contributed by atoms with Crippen LogP contribution >= 0.6 is 15.9 Å². The second-order valence-corrected chi connectivity index (χ2v) is 10.1. The van der Waals surface area contributed by atoms with Crippen molar-refractivity contribution < 1.29 is 19.4 Å². The van der Waals surface area contributed by atoms with Crippen molar-refractivity contribution in [3.05, 3.63) is 100 Å². The summed E-state index contributed by atoms with van der Waals surface area (Å²) >= 11 is 3.67. The zero-order valence-electron chi connectivity index (χ0n) is 19.9. The Balaban J connectivity index is 1.55. The number of aliphatic hydroxyl groups is 1. The molecule has 3 aromatic rings. The topological polar surface area (TPSA) is 80.2 Å². The van der Waals surface area contributed by atoms with Crippen molar-refractivity contribution in [2.45, 2.75) is 43.4 Å². The number of nitrogens with zero attached hydrogens (tertiary/aromatic N) is 1. The molecule has 1 aliphatic heterocycles. The van der Waals surface area contributed by atoms with Crippen molar-refractivity contribution in [2.75, 3.05) is 13.2 Å².